The molecule has 1 heterocycles. The van der Waals surface area contributed by atoms with Crippen LogP contribution in [0.25, 0.3) is 0 Å². The number of halogens is 2. The first-order valence-electron chi connectivity index (χ1n) is 8.02. The summed E-state index contributed by atoms with van der Waals surface area (Å²) in [6.45, 7) is 0.829. The summed E-state index contributed by atoms with van der Waals surface area (Å²) in [5.74, 6) is -1.97. The summed E-state index contributed by atoms with van der Waals surface area (Å²) in [7, 11) is 0. The molecule has 128 valence electrons. The number of carbonyl (C=O) groups is 1. The van der Waals surface area contributed by atoms with E-state index in [-0.39, 0.29) is 11.7 Å². The van der Waals surface area contributed by atoms with Crippen LogP contribution in [0.2, 0.25) is 0 Å². The molecule has 0 radical (unpaired) electrons. The van der Waals surface area contributed by atoms with Crippen molar-refractivity contribution in [3.05, 3.63) is 65.7 Å². The highest BCUT2D eigenvalue weighted by Crippen LogP contribution is 2.35. The number of nitriles is 1. The Morgan fingerprint density at radius 1 is 1.08 bits per heavy atom. The summed E-state index contributed by atoms with van der Waals surface area (Å²) >= 11 is 0. The van der Waals surface area contributed by atoms with Gasteiger partial charge in [-0.1, -0.05) is 30.3 Å². The third-order valence-corrected chi connectivity index (χ3v) is 4.62. The zero-order valence-electron chi connectivity index (χ0n) is 13.5. The van der Waals surface area contributed by atoms with Crippen LogP contribution in [0.1, 0.15) is 18.4 Å². The van der Waals surface area contributed by atoms with E-state index in [0.717, 1.165) is 17.7 Å². The Balaban J connectivity index is 1.66. The van der Waals surface area contributed by atoms with Crippen LogP contribution < -0.4 is 5.32 Å². The zero-order valence-corrected chi connectivity index (χ0v) is 13.5. The van der Waals surface area contributed by atoms with Gasteiger partial charge in [-0.15, -0.1) is 0 Å². The minimum Gasteiger partial charge on any atom is -0.324 e. The Labute approximate surface area is 144 Å². The van der Waals surface area contributed by atoms with Gasteiger partial charge in [-0.2, -0.15) is 5.26 Å². The largest absolute Gasteiger partial charge is 0.324 e. The molecule has 0 atom stereocenters. The van der Waals surface area contributed by atoms with Crippen LogP contribution in [0.15, 0.2) is 48.5 Å². The lowest BCUT2D eigenvalue weighted by molar-refractivity contribution is 0.183. The molecule has 4 nitrogen and oxygen atoms in total. The highest BCUT2D eigenvalue weighted by Gasteiger charge is 2.37. The van der Waals surface area contributed by atoms with Crippen LogP contribution in [0.4, 0.5) is 19.3 Å². The Kier molecular flexibility index (Phi) is 4.66. The number of urea groups is 1. The number of nitrogens with one attached hydrogen (secondary N) is 1. The number of rotatable bonds is 2. The number of nitrogens with zero attached hydrogens (tertiary/aromatic N) is 2. The van der Waals surface area contributed by atoms with Crippen molar-refractivity contribution in [3.8, 4) is 6.07 Å². The van der Waals surface area contributed by atoms with E-state index in [2.05, 4.69) is 11.4 Å². The molecule has 3 rings (SSSR count). The average Bonchev–Trinajstić information content (AvgIpc) is 2.65. The number of piperidine rings is 1. The first-order valence-corrected chi connectivity index (χ1v) is 8.02. The normalized spacial score (nSPS) is 16.1. The first kappa shape index (κ1) is 16.9. The van der Waals surface area contributed by atoms with E-state index >= 15 is 0 Å². The highest BCUT2D eigenvalue weighted by atomic mass is 19.2. The maximum absolute atomic E-state index is 13.2. The number of likely N-dealkylation sites (tertiary alicyclic amines) is 1. The van der Waals surface area contributed by atoms with Gasteiger partial charge >= 0.3 is 6.03 Å². The Morgan fingerprint density at radius 3 is 2.36 bits per heavy atom. The van der Waals surface area contributed by atoms with Gasteiger partial charge in [0.15, 0.2) is 11.6 Å². The second kappa shape index (κ2) is 6.89. The fourth-order valence-electron chi connectivity index (χ4n) is 3.09. The van der Waals surface area contributed by atoms with Gasteiger partial charge in [0, 0.05) is 24.8 Å². The second-order valence-corrected chi connectivity index (χ2v) is 6.11. The minimum absolute atomic E-state index is 0.198. The van der Waals surface area contributed by atoms with E-state index in [1.807, 2.05) is 30.3 Å². The first-order chi connectivity index (χ1) is 12.0. The summed E-state index contributed by atoms with van der Waals surface area (Å²) in [4.78, 5) is 13.9. The summed E-state index contributed by atoms with van der Waals surface area (Å²) < 4.78 is 26.2. The molecule has 6 heteroatoms. The molecule has 1 N–H and O–H groups in total. The SMILES string of the molecule is N#CC1(c2ccccc2)CCN(C(=O)Nc2ccc(F)c(F)c2)CC1. The molecule has 0 aromatic heterocycles. The molecule has 25 heavy (non-hydrogen) atoms. The van der Waals surface area contributed by atoms with Crippen molar-refractivity contribution in [3.63, 3.8) is 0 Å². The van der Waals surface area contributed by atoms with Crippen molar-refractivity contribution >= 4 is 11.7 Å². The fourth-order valence-corrected chi connectivity index (χ4v) is 3.09. The molecule has 1 fully saturated rings. The molecule has 0 spiro atoms. The predicted molar refractivity (Wildman–Crippen MR) is 89.9 cm³/mol. The lowest BCUT2D eigenvalue weighted by Crippen LogP contribution is -2.46. The molecule has 0 bridgehead atoms. The maximum Gasteiger partial charge on any atom is 0.321 e. The van der Waals surface area contributed by atoms with Crippen LogP contribution in [0, 0.1) is 23.0 Å². The Hall–Kier alpha value is -2.94. The average molecular weight is 341 g/mol. The van der Waals surface area contributed by atoms with E-state index in [1.54, 1.807) is 4.90 Å². The summed E-state index contributed by atoms with van der Waals surface area (Å²) in [6.07, 6.45) is 1.05. The van der Waals surface area contributed by atoms with Crippen LogP contribution in [0.5, 0.6) is 0 Å². The molecular weight excluding hydrogens is 324 g/mol. The lowest BCUT2D eigenvalue weighted by atomic mass is 9.74. The van der Waals surface area contributed by atoms with E-state index in [9.17, 15) is 18.8 Å². The van der Waals surface area contributed by atoms with Gasteiger partial charge in [-0.05, 0) is 30.5 Å². The van der Waals surface area contributed by atoms with Gasteiger partial charge in [-0.25, -0.2) is 13.6 Å². The van der Waals surface area contributed by atoms with E-state index in [1.165, 1.54) is 6.07 Å². The van der Waals surface area contributed by atoms with Crippen molar-refractivity contribution in [2.45, 2.75) is 18.3 Å². The van der Waals surface area contributed by atoms with Gasteiger partial charge in [0.1, 0.15) is 0 Å². The van der Waals surface area contributed by atoms with E-state index in [4.69, 9.17) is 0 Å². The van der Waals surface area contributed by atoms with Crippen LogP contribution in [0.3, 0.4) is 0 Å². The van der Waals surface area contributed by atoms with Crippen LogP contribution in [-0.2, 0) is 5.41 Å². The molecule has 0 aliphatic carbocycles. The standard InChI is InChI=1S/C19H17F2N3O/c20-16-7-6-15(12-17(16)21)23-18(25)24-10-8-19(13-22,9-11-24)14-4-2-1-3-5-14/h1-7,12H,8-11H2,(H,23,25). The third kappa shape index (κ3) is 3.45. The number of anilines is 1. The highest BCUT2D eigenvalue weighted by molar-refractivity contribution is 5.89. The van der Waals surface area contributed by atoms with Crippen molar-refractivity contribution in [1.82, 2.24) is 4.90 Å². The van der Waals surface area contributed by atoms with Gasteiger partial charge < -0.3 is 10.2 Å². The predicted octanol–water partition coefficient (Wildman–Crippen LogP) is 4.05. The number of hydrogen-bond donors (Lipinski definition) is 1. The molecular formula is C19H17F2N3O. The number of hydrogen-bond acceptors (Lipinski definition) is 2. The second-order valence-electron chi connectivity index (χ2n) is 6.11. The minimum atomic E-state index is -1.01. The van der Waals surface area contributed by atoms with E-state index < -0.39 is 17.0 Å². The molecule has 2 amide bonds. The quantitative estimate of drug-likeness (QED) is 0.896. The molecule has 1 saturated heterocycles. The monoisotopic (exact) mass is 341 g/mol. The smallest absolute Gasteiger partial charge is 0.321 e. The lowest BCUT2D eigenvalue weighted by Gasteiger charge is -2.37. The zero-order chi connectivity index (χ0) is 17.9. The Bertz CT molecular complexity index is 809. The van der Waals surface area contributed by atoms with Gasteiger partial charge in [0.05, 0.1) is 11.5 Å². The van der Waals surface area contributed by atoms with Crippen LogP contribution in [-0.4, -0.2) is 24.0 Å². The van der Waals surface area contributed by atoms with Crippen LogP contribution >= 0.6 is 0 Å². The van der Waals surface area contributed by atoms with Crippen molar-refractivity contribution in [2.24, 2.45) is 0 Å². The number of carbonyl (C=O) groups excluding carboxylic acids is 1. The molecule has 2 aromatic rings. The molecule has 1 aliphatic rings. The molecule has 1 aliphatic heterocycles. The van der Waals surface area contributed by atoms with Crippen molar-refractivity contribution in [1.29, 1.82) is 5.26 Å². The van der Waals surface area contributed by atoms with Gasteiger partial charge in [0.2, 0.25) is 0 Å². The topological polar surface area (TPSA) is 56.1 Å². The molecule has 0 unspecified atom stereocenters. The Morgan fingerprint density at radius 2 is 1.76 bits per heavy atom. The maximum atomic E-state index is 13.2. The molecule has 0 saturated carbocycles. The number of benzene rings is 2. The summed E-state index contributed by atoms with van der Waals surface area (Å²) in [6, 6.07) is 14.8. The van der Waals surface area contributed by atoms with Gasteiger partial charge in [-0.3, -0.25) is 0 Å². The summed E-state index contributed by atoms with van der Waals surface area (Å²) in [5, 5.41) is 12.2. The number of amides is 2. The third-order valence-electron chi connectivity index (χ3n) is 4.62. The van der Waals surface area contributed by atoms with E-state index in [0.29, 0.717) is 25.9 Å². The fraction of sp³-hybridized carbons (Fsp3) is 0.263. The van der Waals surface area contributed by atoms with Crippen molar-refractivity contribution < 1.29 is 13.6 Å². The van der Waals surface area contributed by atoms with Crippen molar-refractivity contribution in [2.75, 3.05) is 18.4 Å². The van der Waals surface area contributed by atoms with Gasteiger partial charge in [0.25, 0.3) is 0 Å². The summed E-state index contributed by atoms with van der Waals surface area (Å²) in [5.41, 5.74) is 0.558. The molecule has 2 aromatic carbocycles.